The number of rotatable bonds is 8. The van der Waals surface area contributed by atoms with Crippen molar-refractivity contribution >= 4 is 12.7 Å². The van der Waals surface area contributed by atoms with Gasteiger partial charge in [0.1, 0.15) is 5.75 Å². The first-order valence-corrected chi connectivity index (χ1v) is 11.0. The molecule has 0 amide bonds. The van der Waals surface area contributed by atoms with E-state index in [2.05, 4.69) is 100 Å². The molecule has 159 valence electrons. The van der Waals surface area contributed by atoms with Crippen LogP contribution in [0.2, 0.25) is 6.32 Å². The van der Waals surface area contributed by atoms with Crippen molar-refractivity contribution in [1.29, 1.82) is 0 Å². The Hall–Kier alpha value is -2.49. The molecule has 1 aromatic heterocycles. The predicted octanol–water partition coefficient (Wildman–Crippen LogP) is 5.95. The zero-order valence-electron chi connectivity index (χ0n) is 19.2. The molecule has 2 aromatic carbocycles. The van der Waals surface area contributed by atoms with E-state index in [1.165, 1.54) is 36.0 Å². The first kappa shape index (κ1) is 23.8. The second-order valence-corrected chi connectivity index (χ2v) is 8.86. The van der Waals surface area contributed by atoms with Crippen LogP contribution < -0.4 is 10.2 Å². The number of aromatic nitrogens is 2. The highest BCUT2D eigenvalue weighted by Gasteiger charge is 2.13. The van der Waals surface area contributed by atoms with E-state index in [9.17, 15) is 0 Å². The molecular formula is C26H36BN2O. The van der Waals surface area contributed by atoms with Gasteiger partial charge in [0, 0.05) is 17.3 Å². The van der Waals surface area contributed by atoms with E-state index < -0.39 is 0 Å². The molecule has 3 rings (SSSR count). The van der Waals surface area contributed by atoms with Crippen molar-refractivity contribution in [2.24, 2.45) is 0 Å². The SMILES string of the molecule is CC(C)(C)c1cnc[nH]1.CC(C)Oc1ccccc1[B]CCCCc1ccccc1. The average Bonchev–Trinajstić information content (AvgIpc) is 3.25. The van der Waals surface area contributed by atoms with Gasteiger partial charge in [0.15, 0.2) is 7.28 Å². The van der Waals surface area contributed by atoms with Crippen LogP contribution in [0.15, 0.2) is 67.1 Å². The summed E-state index contributed by atoms with van der Waals surface area (Å²) in [6, 6.07) is 19.0. The van der Waals surface area contributed by atoms with Gasteiger partial charge in [0.05, 0.1) is 12.4 Å². The van der Waals surface area contributed by atoms with E-state index in [-0.39, 0.29) is 11.5 Å². The van der Waals surface area contributed by atoms with Gasteiger partial charge in [-0.3, -0.25) is 0 Å². The highest BCUT2D eigenvalue weighted by Crippen LogP contribution is 2.17. The third-order valence-corrected chi connectivity index (χ3v) is 4.71. The van der Waals surface area contributed by atoms with E-state index in [1.54, 1.807) is 6.33 Å². The van der Waals surface area contributed by atoms with E-state index in [1.807, 2.05) is 12.3 Å². The molecule has 4 heteroatoms. The summed E-state index contributed by atoms with van der Waals surface area (Å²) in [5, 5.41) is 0. The number of benzene rings is 2. The number of H-pyrrole nitrogens is 1. The Morgan fingerprint density at radius 1 is 0.967 bits per heavy atom. The standard InChI is InChI=1S/C19H24BO.C7H12N2/c1-16(2)21-19-14-7-6-13-18(19)20-15-9-8-12-17-10-4-3-5-11-17;1-7(2,3)6-4-8-5-9-6/h3-7,10-11,13-14,16H,8-9,12,15H2,1-2H3;4-5H,1-3H3,(H,8,9). The van der Waals surface area contributed by atoms with Gasteiger partial charge in [-0.2, -0.15) is 0 Å². The zero-order valence-corrected chi connectivity index (χ0v) is 19.2. The molecule has 3 nitrogen and oxygen atoms in total. The van der Waals surface area contributed by atoms with Crippen LogP contribution in [0.1, 0.15) is 58.7 Å². The van der Waals surface area contributed by atoms with Crippen molar-refractivity contribution in [3.05, 3.63) is 78.4 Å². The molecule has 30 heavy (non-hydrogen) atoms. The molecule has 0 fully saturated rings. The van der Waals surface area contributed by atoms with Gasteiger partial charge in [-0.15, -0.1) is 0 Å². The monoisotopic (exact) mass is 403 g/mol. The minimum absolute atomic E-state index is 0.205. The molecule has 3 aromatic rings. The summed E-state index contributed by atoms with van der Waals surface area (Å²) in [4.78, 5) is 7.00. The summed E-state index contributed by atoms with van der Waals surface area (Å²) in [5.41, 5.74) is 4.03. The number of aryl methyl sites for hydroxylation is 1. The fraction of sp³-hybridized carbons (Fsp3) is 0.423. The lowest BCUT2D eigenvalue weighted by Crippen LogP contribution is -2.20. The fourth-order valence-corrected chi connectivity index (χ4v) is 3.05. The zero-order chi connectivity index (χ0) is 21.8. The summed E-state index contributed by atoms with van der Waals surface area (Å²) in [6.45, 7) is 10.6. The Kier molecular flexibility index (Phi) is 9.73. The second kappa shape index (κ2) is 12.3. The van der Waals surface area contributed by atoms with E-state index >= 15 is 0 Å². The van der Waals surface area contributed by atoms with Crippen LogP contribution in [0, 0.1) is 0 Å². The molecule has 0 aliphatic carbocycles. The Bertz CT molecular complexity index is 824. The maximum atomic E-state index is 5.84. The largest absolute Gasteiger partial charge is 0.492 e. The number of hydrogen-bond acceptors (Lipinski definition) is 2. The summed E-state index contributed by atoms with van der Waals surface area (Å²) in [6.07, 6.45) is 8.50. The quantitative estimate of drug-likeness (QED) is 0.373. The Morgan fingerprint density at radius 2 is 1.67 bits per heavy atom. The van der Waals surface area contributed by atoms with Crippen molar-refractivity contribution in [1.82, 2.24) is 9.97 Å². The number of aromatic amines is 1. The summed E-state index contributed by atoms with van der Waals surface area (Å²) in [7, 11) is 2.29. The fourth-order valence-electron chi connectivity index (χ4n) is 3.05. The summed E-state index contributed by atoms with van der Waals surface area (Å²) >= 11 is 0. The molecule has 1 heterocycles. The third-order valence-electron chi connectivity index (χ3n) is 4.71. The number of nitrogens with zero attached hydrogens (tertiary/aromatic N) is 1. The van der Waals surface area contributed by atoms with Crippen LogP contribution in [0.4, 0.5) is 0 Å². The summed E-state index contributed by atoms with van der Waals surface area (Å²) in [5.74, 6) is 0.996. The van der Waals surface area contributed by atoms with Crippen LogP contribution in [-0.2, 0) is 11.8 Å². The third kappa shape index (κ3) is 8.90. The number of hydrogen-bond donors (Lipinski definition) is 1. The molecule has 0 spiro atoms. The molecule has 1 radical (unpaired) electrons. The van der Waals surface area contributed by atoms with Gasteiger partial charge >= 0.3 is 0 Å². The topological polar surface area (TPSA) is 37.9 Å². The van der Waals surface area contributed by atoms with Gasteiger partial charge in [0.2, 0.25) is 0 Å². The lowest BCUT2D eigenvalue weighted by molar-refractivity contribution is 0.244. The Labute approximate surface area is 183 Å². The minimum atomic E-state index is 0.205. The highest BCUT2D eigenvalue weighted by atomic mass is 16.5. The molecule has 0 saturated carbocycles. The van der Waals surface area contributed by atoms with Crippen molar-refractivity contribution in [3.63, 3.8) is 0 Å². The number of unbranched alkanes of at least 4 members (excludes halogenated alkanes) is 1. The maximum Gasteiger partial charge on any atom is 0.156 e. The normalized spacial score (nSPS) is 11.0. The number of ether oxygens (including phenoxy) is 1. The molecule has 0 bridgehead atoms. The molecule has 0 unspecified atom stereocenters. The highest BCUT2D eigenvalue weighted by molar-refractivity contribution is 6.54. The van der Waals surface area contributed by atoms with Gasteiger partial charge < -0.3 is 9.72 Å². The Morgan fingerprint density at radius 3 is 2.27 bits per heavy atom. The van der Waals surface area contributed by atoms with Crippen LogP contribution in [0.5, 0.6) is 5.75 Å². The van der Waals surface area contributed by atoms with Crippen LogP contribution >= 0.6 is 0 Å². The molecule has 0 atom stereocenters. The van der Waals surface area contributed by atoms with Gasteiger partial charge in [-0.05, 0) is 43.8 Å². The number of imidazole rings is 1. The maximum absolute atomic E-state index is 5.84. The van der Waals surface area contributed by atoms with Crippen molar-refractivity contribution < 1.29 is 4.74 Å². The van der Waals surface area contributed by atoms with Gasteiger partial charge in [0.25, 0.3) is 0 Å². The molecule has 1 N–H and O–H groups in total. The molecule has 0 aliphatic rings. The van der Waals surface area contributed by atoms with E-state index in [0.717, 1.165) is 12.1 Å². The van der Waals surface area contributed by atoms with Gasteiger partial charge in [-0.25, -0.2) is 4.98 Å². The summed E-state index contributed by atoms with van der Waals surface area (Å²) < 4.78 is 5.84. The first-order valence-electron chi connectivity index (χ1n) is 11.0. The predicted molar refractivity (Wildman–Crippen MR) is 129 cm³/mol. The van der Waals surface area contributed by atoms with Crippen molar-refractivity contribution in [2.45, 2.75) is 71.7 Å². The van der Waals surface area contributed by atoms with Crippen LogP contribution in [0.3, 0.4) is 0 Å². The Balaban J connectivity index is 0.000000297. The minimum Gasteiger partial charge on any atom is -0.492 e. The van der Waals surface area contributed by atoms with Crippen LogP contribution in [0.25, 0.3) is 0 Å². The smallest absolute Gasteiger partial charge is 0.156 e. The van der Waals surface area contributed by atoms with E-state index in [4.69, 9.17) is 4.74 Å². The van der Waals surface area contributed by atoms with Crippen LogP contribution in [-0.4, -0.2) is 23.4 Å². The molecular weight excluding hydrogens is 367 g/mol. The lowest BCUT2D eigenvalue weighted by Gasteiger charge is -2.14. The van der Waals surface area contributed by atoms with E-state index in [0.29, 0.717) is 0 Å². The van der Waals surface area contributed by atoms with Gasteiger partial charge in [-0.1, -0.05) is 82.0 Å². The average molecular weight is 403 g/mol. The molecule has 0 aliphatic heterocycles. The van der Waals surface area contributed by atoms with Crippen molar-refractivity contribution in [2.75, 3.05) is 0 Å². The van der Waals surface area contributed by atoms with Crippen molar-refractivity contribution in [3.8, 4) is 5.75 Å². The molecule has 0 saturated heterocycles. The first-order chi connectivity index (χ1) is 14.4. The lowest BCUT2D eigenvalue weighted by atomic mass is 9.65. The number of para-hydroxylation sites is 1. The second-order valence-electron chi connectivity index (χ2n) is 8.86. The number of nitrogens with one attached hydrogen (secondary N) is 1.